The van der Waals surface area contributed by atoms with Gasteiger partial charge in [-0.15, -0.1) is 6.58 Å². The van der Waals surface area contributed by atoms with Crippen LogP contribution in [0, 0.1) is 0 Å². The topological polar surface area (TPSA) is 3.24 Å². The molecule has 0 aliphatic rings. The summed E-state index contributed by atoms with van der Waals surface area (Å²) in [4.78, 5) is 2.27. The van der Waals surface area contributed by atoms with Crippen LogP contribution in [0.4, 0.5) is 0 Å². The van der Waals surface area contributed by atoms with Crippen LogP contribution in [-0.4, -0.2) is 18.0 Å². The Kier molecular flexibility index (Phi) is 6.03. The van der Waals surface area contributed by atoms with E-state index >= 15 is 0 Å². The van der Waals surface area contributed by atoms with Gasteiger partial charge in [0.15, 0.2) is 0 Å². The van der Waals surface area contributed by atoms with E-state index in [1.165, 1.54) is 0 Å². The molecule has 0 heterocycles. The van der Waals surface area contributed by atoms with Crippen LogP contribution in [0.1, 0.15) is 26.7 Å². The molecule has 0 aromatic carbocycles. The predicted molar refractivity (Wildman–Crippen MR) is 60.6 cm³/mol. The second kappa shape index (κ2) is 6.53. The van der Waals surface area contributed by atoms with Crippen LogP contribution in [0.3, 0.4) is 0 Å². The Balaban J connectivity index is 4.13. The zero-order chi connectivity index (χ0) is 10.3. The number of nitrogens with zero attached hydrogens (tertiary/aromatic N) is 1. The Morgan fingerprint density at radius 1 is 1.31 bits per heavy atom. The van der Waals surface area contributed by atoms with Crippen molar-refractivity contribution in [3.8, 4) is 0 Å². The van der Waals surface area contributed by atoms with Gasteiger partial charge in [-0.25, -0.2) is 0 Å². The molecule has 74 valence electrons. The van der Waals surface area contributed by atoms with E-state index in [1.807, 2.05) is 13.0 Å². The molecule has 0 spiro atoms. The highest BCUT2D eigenvalue weighted by Gasteiger charge is 2.05. The smallest absolute Gasteiger partial charge is 0.0317 e. The molecule has 0 rings (SSSR count). The van der Waals surface area contributed by atoms with Gasteiger partial charge in [0.2, 0.25) is 0 Å². The average molecular weight is 179 g/mol. The molecule has 0 fully saturated rings. The lowest BCUT2D eigenvalue weighted by Crippen LogP contribution is -2.24. The molecule has 13 heavy (non-hydrogen) atoms. The molecule has 0 amide bonds. The van der Waals surface area contributed by atoms with E-state index in [9.17, 15) is 0 Å². The third-order valence-electron chi connectivity index (χ3n) is 1.97. The average Bonchev–Trinajstić information content (AvgIpc) is 2.11. The highest BCUT2D eigenvalue weighted by Crippen LogP contribution is 2.11. The quantitative estimate of drug-likeness (QED) is 0.428. The zero-order valence-electron chi connectivity index (χ0n) is 8.97. The van der Waals surface area contributed by atoms with Gasteiger partial charge >= 0.3 is 0 Å². The summed E-state index contributed by atoms with van der Waals surface area (Å²) in [5.74, 6) is 0. The minimum Gasteiger partial charge on any atom is -0.372 e. The summed E-state index contributed by atoms with van der Waals surface area (Å²) in [6, 6.07) is 0. The first-order valence-corrected chi connectivity index (χ1v) is 4.84. The van der Waals surface area contributed by atoms with Crippen molar-refractivity contribution in [2.75, 3.05) is 13.1 Å². The molecule has 1 nitrogen and oxygen atoms in total. The Morgan fingerprint density at radius 3 is 2.31 bits per heavy atom. The van der Waals surface area contributed by atoms with Crippen molar-refractivity contribution < 1.29 is 0 Å². The fourth-order valence-corrected chi connectivity index (χ4v) is 1.17. The molecule has 0 saturated heterocycles. The van der Waals surface area contributed by atoms with Crippen molar-refractivity contribution >= 4 is 0 Å². The molecular weight excluding hydrogens is 158 g/mol. The summed E-state index contributed by atoms with van der Waals surface area (Å²) in [5.41, 5.74) is 2.11. The van der Waals surface area contributed by atoms with E-state index in [-0.39, 0.29) is 0 Å². The molecule has 0 atom stereocenters. The predicted octanol–water partition coefficient (Wildman–Crippen LogP) is 3.36. The summed E-state index contributed by atoms with van der Waals surface area (Å²) < 4.78 is 0. The summed E-state index contributed by atoms with van der Waals surface area (Å²) >= 11 is 0. The SMILES string of the molecule is C=CCCN(CCC)C(=C)C(=C)C. The third kappa shape index (κ3) is 4.56. The first-order valence-electron chi connectivity index (χ1n) is 4.84. The largest absolute Gasteiger partial charge is 0.372 e. The zero-order valence-corrected chi connectivity index (χ0v) is 8.97. The van der Waals surface area contributed by atoms with Crippen molar-refractivity contribution in [1.29, 1.82) is 0 Å². The molecule has 0 aromatic rings. The Labute approximate surface area is 82.4 Å². The molecule has 0 N–H and O–H groups in total. The normalized spacial score (nSPS) is 9.38. The summed E-state index contributed by atoms with van der Waals surface area (Å²) in [5, 5.41) is 0. The molecule has 0 radical (unpaired) electrons. The maximum Gasteiger partial charge on any atom is 0.0317 e. The van der Waals surface area contributed by atoms with Crippen molar-refractivity contribution in [3.63, 3.8) is 0 Å². The van der Waals surface area contributed by atoms with Crippen LogP contribution in [-0.2, 0) is 0 Å². The molecule has 0 bridgehead atoms. The van der Waals surface area contributed by atoms with Crippen LogP contribution >= 0.6 is 0 Å². The van der Waals surface area contributed by atoms with Gasteiger partial charge in [0, 0.05) is 18.8 Å². The molecule has 1 heteroatoms. The van der Waals surface area contributed by atoms with E-state index in [0.717, 1.165) is 37.2 Å². The fourth-order valence-electron chi connectivity index (χ4n) is 1.17. The van der Waals surface area contributed by atoms with E-state index in [2.05, 4.69) is 31.6 Å². The van der Waals surface area contributed by atoms with Crippen LogP contribution in [0.25, 0.3) is 0 Å². The number of rotatable bonds is 7. The molecule has 0 aromatic heterocycles. The fraction of sp³-hybridized carbons (Fsp3) is 0.500. The third-order valence-corrected chi connectivity index (χ3v) is 1.97. The van der Waals surface area contributed by atoms with Gasteiger partial charge in [-0.3, -0.25) is 0 Å². The van der Waals surface area contributed by atoms with Gasteiger partial charge < -0.3 is 4.90 Å². The number of allylic oxidation sites excluding steroid dienone is 1. The van der Waals surface area contributed by atoms with E-state index in [4.69, 9.17) is 0 Å². The molecule has 0 aliphatic heterocycles. The summed E-state index contributed by atoms with van der Waals surface area (Å²) in [6.07, 6.45) is 4.09. The Morgan fingerprint density at radius 2 is 1.92 bits per heavy atom. The van der Waals surface area contributed by atoms with Gasteiger partial charge in [-0.1, -0.05) is 26.2 Å². The minimum atomic E-state index is 1.00. The van der Waals surface area contributed by atoms with E-state index < -0.39 is 0 Å². The first kappa shape index (κ1) is 12.0. The summed E-state index contributed by atoms with van der Waals surface area (Å²) in [7, 11) is 0. The number of hydrogen-bond donors (Lipinski definition) is 0. The van der Waals surface area contributed by atoms with Crippen LogP contribution < -0.4 is 0 Å². The lowest BCUT2D eigenvalue weighted by Gasteiger charge is -2.26. The molecule has 0 aliphatic carbocycles. The van der Waals surface area contributed by atoms with Gasteiger partial charge in [0.1, 0.15) is 0 Å². The molecular formula is C12H21N. The van der Waals surface area contributed by atoms with E-state index in [1.54, 1.807) is 0 Å². The van der Waals surface area contributed by atoms with Crippen molar-refractivity contribution in [2.45, 2.75) is 26.7 Å². The molecule has 0 unspecified atom stereocenters. The standard InChI is InChI=1S/C12H21N/c1-6-8-10-13(9-7-2)12(5)11(3)4/h6H,1,3,5,7-10H2,2,4H3. The first-order chi connectivity index (χ1) is 6.13. The number of hydrogen-bond acceptors (Lipinski definition) is 1. The Hall–Kier alpha value is -0.980. The van der Waals surface area contributed by atoms with Gasteiger partial charge in [-0.05, 0) is 25.3 Å². The highest BCUT2D eigenvalue weighted by atomic mass is 15.1. The van der Waals surface area contributed by atoms with E-state index in [0.29, 0.717) is 0 Å². The van der Waals surface area contributed by atoms with Crippen molar-refractivity contribution in [2.24, 2.45) is 0 Å². The summed E-state index contributed by atoms with van der Waals surface area (Å²) in [6.45, 7) is 17.9. The van der Waals surface area contributed by atoms with Crippen LogP contribution in [0.15, 0.2) is 37.1 Å². The maximum absolute atomic E-state index is 4.02. The second-order valence-corrected chi connectivity index (χ2v) is 3.29. The van der Waals surface area contributed by atoms with Gasteiger partial charge in [0.05, 0.1) is 0 Å². The van der Waals surface area contributed by atoms with Gasteiger partial charge in [0.25, 0.3) is 0 Å². The monoisotopic (exact) mass is 179 g/mol. The maximum atomic E-state index is 4.02. The molecule has 0 saturated carbocycles. The van der Waals surface area contributed by atoms with Gasteiger partial charge in [-0.2, -0.15) is 0 Å². The lowest BCUT2D eigenvalue weighted by molar-refractivity contribution is 0.358. The van der Waals surface area contributed by atoms with Crippen molar-refractivity contribution in [3.05, 3.63) is 37.1 Å². The minimum absolute atomic E-state index is 1.00. The lowest BCUT2D eigenvalue weighted by atomic mass is 10.2. The highest BCUT2D eigenvalue weighted by molar-refractivity contribution is 5.21. The second-order valence-electron chi connectivity index (χ2n) is 3.29. The van der Waals surface area contributed by atoms with Crippen LogP contribution in [0.2, 0.25) is 0 Å². The Bertz CT molecular complexity index is 191. The van der Waals surface area contributed by atoms with Crippen molar-refractivity contribution in [1.82, 2.24) is 4.90 Å². The van der Waals surface area contributed by atoms with Crippen LogP contribution in [0.5, 0.6) is 0 Å².